The minimum absolute atomic E-state index is 0.347. The lowest BCUT2D eigenvalue weighted by Gasteiger charge is -2.07. The molecule has 0 aliphatic rings. The number of nitrogens with one attached hydrogen (secondary N) is 2. The quantitative estimate of drug-likeness (QED) is 0.730. The van der Waals surface area contributed by atoms with Gasteiger partial charge >= 0.3 is 6.03 Å². The number of aromatic nitrogens is 2. The molecule has 0 fully saturated rings. The van der Waals surface area contributed by atoms with Gasteiger partial charge in [0.25, 0.3) is 0 Å². The molecule has 7 heteroatoms. The third-order valence-corrected chi connectivity index (χ3v) is 2.50. The molecule has 2 aromatic rings. The fourth-order valence-electron chi connectivity index (χ4n) is 1.51. The zero-order valence-corrected chi connectivity index (χ0v) is 10.4. The zero-order valence-electron chi connectivity index (χ0n) is 9.51. The van der Waals surface area contributed by atoms with E-state index in [2.05, 4.69) is 27.8 Å². The molecule has 2 amide bonds. The highest BCUT2D eigenvalue weighted by molar-refractivity contribution is 7.78. The Labute approximate surface area is 109 Å². The Hall–Kier alpha value is -2.02. The summed E-state index contributed by atoms with van der Waals surface area (Å²) in [6.07, 6.45) is 3.24. The summed E-state index contributed by atoms with van der Waals surface area (Å²) in [6, 6.07) is 3.86. The first-order valence-corrected chi connectivity index (χ1v) is 5.56. The van der Waals surface area contributed by atoms with E-state index >= 15 is 0 Å². The van der Waals surface area contributed by atoms with Gasteiger partial charge in [-0.3, -0.25) is 4.72 Å². The first-order chi connectivity index (χ1) is 8.60. The van der Waals surface area contributed by atoms with Crippen molar-refractivity contribution in [3.63, 3.8) is 0 Å². The van der Waals surface area contributed by atoms with Gasteiger partial charge in [0.05, 0.1) is 17.7 Å². The maximum Gasteiger partial charge on any atom is 0.329 e. The smallest absolute Gasteiger partial charge is 0.307 e. The molecule has 0 saturated heterocycles. The van der Waals surface area contributed by atoms with Crippen molar-refractivity contribution in [2.45, 2.75) is 6.92 Å². The van der Waals surface area contributed by atoms with Gasteiger partial charge in [0.2, 0.25) is 0 Å². The van der Waals surface area contributed by atoms with E-state index in [-0.39, 0.29) is 0 Å². The van der Waals surface area contributed by atoms with Gasteiger partial charge in [0, 0.05) is 11.9 Å². The molecule has 0 atom stereocenters. The van der Waals surface area contributed by atoms with Gasteiger partial charge in [0.15, 0.2) is 0 Å². The maximum atomic E-state index is 13.9. The number of carbonyl (C=O) groups excluding carboxylic acids is 1. The summed E-state index contributed by atoms with van der Waals surface area (Å²) >= 11 is 3.58. The molecule has 0 aliphatic heterocycles. The van der Waals surface area contributed by atoms with Crippen molar-refractivity contribution in [2.24, 2.45) is 0 Å². The molecule has 1 aromatic carbocycles. The van der Waals surface area contributed by atoms with Crippen molar-refractivity contribution in [2.75, 3.05) is 5.32 Å². The number of imidazole rings is 1. The Bertz CT molecular complexity index is 584. The summed E-state index contributed by atoms with van der Waals surface area (Å²) in [5.41, 5.74) is 1.51. The number of urea groups is 1. The average Bonchev–Trinajstić information content (AvgIpc) is 2.75. The largest absolute Gasteiger partial charge is 0.329 e. The van der Waals surface area contributed by atoms with Crippen molar-refractivity contribution >= 4 is 24.5 Å². The molecular formula is C11H11FN4OS. The fourth-order valence-corrected chi connectivity index (χ4v) is 1.56. The number of benzene rings is 1. The molecule has 2 rings (SSSR count). The number of rotatable bonds is 2. The number of carbonyl (C=O) groups is 1. The van der Waals surface area contributed by atoms with Gasteiger partial charge < -0.3 is 9.88 Å². The summed E-state index contributed by atoms with van der Waals surface area (Å²) in [7, 11) is 0. The van der Waals surface area contributed by atoms with Gasteiger partial charge in [-0.25, -0.2) is 14.2 Å². The van der Waals surface area contributed by atoms with Crippen molar-refractivity contribution in [3.05, 3.63) is 42.2 Å². The molecule has 0 radical (unpaired) electrons. The SMILES string of the molecule is Cc1cn(-c2ccc(NC(=O)NS)cc2F)cn1. The van der Waals surface area contributed by atoms with Gasteiger partial charge in [-0.05, 0) is 25.1 Å². The second-order valence-electron chi connectivity index (χ2n) is 3.65. The zero-order chi connectivity index (χ0) is 13.1. The van der Waals surface area contributed by atoms with Crippen LogP contribution in [-0.2, 0) is 0 Å². The van der Waals surface area contributed by atoms with E-state index in [9.17, 15) is 9.18 Å². The van der Waals surface area contributed by atoms with E-state index in [1.54, 1.807) is 22.9 Å². The number of halogens is 1. The normalized spacial score (nSPS) is 10.2. The highest BCUT2D eigenvalue weighted by Gasteiger charge is 2.07. The standard InChI is InChI=1S/C11H11FN4OS/c1-7-5-16(6-13-7)10-3-2-8(4-9(10)12)14-11(17)15-18/h2-6,18H,1H3,(H2,14,15,17). The van der Waals surface area contributed by atoms with E-state index in [4.69, 9.17) is 0 Å². The number of amides is 2. The molecule has 0 saturated carbocycles. The molecule has 0 spiro atoms. The van der Waals surface area contributed by atoms with E-state index in [1.807, 2.05) is 6.92 Å². The van der Waals surface area contributed by atoms with Crippen LogP contribution in [0.1, 0.15) is 5.69 Å². The monoisotopic (exact) mass is 266 g/mol. The van der Waals surface area contributed by atoms with Crippen LogP contribution in [0, 0.1) is 12.7 Å². The van der Waals surface area contributed by atoms with Crippen LogP contribution in [0.5, 0.6) is 0 Å². The molecule has 1 heterocycles. The van der Waals surface area contributed by atoms with Crippen LogP contribution in [0.3, 0.4) is 0 Å². The molecule has 5 nitrogen and oxygen atoms in total. The number of aryl methyl sites for hydroxylation is 1. The highest BCUT2D eigenvalue weighted by Crippen LogP contribution is 2.18. The Balaban J connectivity index is 2.28. The lowest BCUT2D eigenvalue weighted by atomic mass is 10.2. The Morgan fingerprint density at radius 3 is 2.83 bits per heavy atom. The van der Waals surface area contributed by atoms with E-state index in [0.29, 0.717) is 11.4 Å². The molecule has 2 N–H and O–H groups in total. The Morgan fingerprint density at radius 2 is 2.28 bits per heavy atom. The minimum Gasteiger partial charge on any atom is -0.307 e. The first kappa shape index (κ1) is 12.4. The van der Waals surface area contributed by atoms with Gasteiger partial charge in [-0.15, -0.1) is 0 Å². The molecular weight excluding hydrogens is 255 g/mol. The topological polar surface area (TPSA) is 59.0 Å². The van der Waals surface area contributed by atoms with E-state index < -0.39 is 11.8 Å². The lowest BCUT2D eigenvalue weighted by Crippen LogP contribution is -2.20. The number of thiol groups is 1. The van der Waals surface area contributed by atoms with Gasteiger partial charge in [0.1, 0.15) is 5.82 Å². The predicted molar refractivity (Wildman–Crippen MR) is 69.4 cm³/mol. The number of anilines is 1. The third kappa shape index (κ3) is 2.62. The summed E-state index contributed by atoms with van der Waals surface area (Å²) in [6.45, 7) is 1.82. The van der Waals surface area contributed by atoms with Crippen LogP contribution in [-0.4, -0.2) is 15.6 Å². The summed E-state index contributed by atoms with van der Waals surface area (Å²) in [5.74, 6) is -0.454. The minimum atomic E-state index is -0.524. The highest BCUT2D eigenvalue weighted by atomic mass is 32.1. The first-order valence-electron chi connectivity index (χ1n) is 5.12. The second-order valence-corrected chi connectivity index (χ2v) is 3.88. The van der Waals surface area contributed by atoms with Crippen LogP contribution in [0.25, 0.3) is 5.69 Å². The fraction of sp³-hybridized carbons (Fsp3) is 0.0909. The number of hydrogen-bond acceptors (Lipinski definition) is 3. The average molecular weight is 266 g/mol. The molecule has 0 aliphatic carbocycles. The predicted octanol–water partition coefficient (Wildman–Crippen LogP) is 2.29. The van der Waals surface area contributed by atoms with Crippen LogP contribution < -0.4 is 10.0 Å². The number of hydrogen-bond donors (Lipinski definition) is 3. The molecule has 0 unspecified atom stereocenters. The van der Waals surface area contributed by atoms with Gasteiger partial charge in [-0.2, -0.15) is 0 Å². The Kier molecular flexibility index (Phi) is 3.52. The molecule has 94 valence electrons. The lowest BCUT2D eigenvalue weighted by molar-refractivity contribution is 0.257. The van der Waals surface area contributed by atoms with Crippen molar-refractivity contribution < 1.29 is 9.18 Å². The van der Waals surface area contributed by atoms with Crippen LogP contribution in [0.15, 0.2) is 30.7 Å². The van der Waals surface area contributed by atoms with E-state index in [0.717, 1.165) is 5.69 Å². The summed E-state index contributed by atoms with van der Waals surface area (Å²) in [5, 5.41) is 2.42. The van der Waals surface area contributed by atoms with Crippen LogP contribution in [0.2, 0.25) is 0 Å². The van der Waals surface area contributed by atoms with Crippen LogP contribution >= 0.6 is 12.8 Å². The van der Waals surface area contributed by atoms with E-state index in [1.165, 1.54) is 12.4 Å². The summed E-state index contributed by atoms with van der Waals surface area (Å²) in [4.78, 5) is 15.0. The van der Waals surface area contributed by atoms with Crippen molar-refractivity contribution in [3.8, 4) is 5.69 Å². The molecule has 0 bridgehead atoms. The molecule has 18 heavy (non-hydrogen) atoms. The Morgan fingerprint density at radius 1 is 1.50 bits per heavy atom. The van der Waals surface area contributed by atoms with Crippen LogP contribution in [0.4, 0.5) is 14.9 Å². The van der Waals surface area contributed by atoms with Crippen molar-refractivity contribution in [1.82, 2.24) is 14.3 Å². The van der Waals surface area contributed by atoms with Gasteiger partial charge in [-0.1, -0.05) is 12.8 Å². The maximum absolute atomic E-state index is 13.9. The summed E-state index contributed by atoms with van der Waals surface area (Å²) < 4.78 is 17.5. The molecule has 1 aromatic heterocycles. The second kappa shape index (κ2) is 5.09. The number of nitrogens with zero attached hydrogens (tertiary/aromatic N) is 2. The van der Waals surface area contributed by atoms with Crippen molar-refractivity contribution in [1.29, 1.82) is 0 Å². The third-order valence-electron chi connectivity index (χ3n) is 2.30.